The molecule has 0 aliphatic carbocycles. The van der Waals surface area contributed by atoms with E-state index >= 15 is 0 Å². The molecule has 0 fully saturated rings. The molecule has 1 N–H and O–H groups in total. The van der Waals surface area contributed by atoms with E-state index in [1.807, 2.05) is 36.4 Å². The predicted octanol–water partition coefficient (Wildman–Crippen LogP) is 2.43. The summed E-state index contributed by atoms with van der Waals surface area (Å²) in [6.07, 6.45) is -0.257. The number of ketones is 1. The van der Waals surface area contributed by atoms with Crippen molar-refractivity contribution in [2.45, 2.75) is 26.0 Å². The number of rotatable bonds is 5. The third-order valence-electron chi connectivity index (χ3n) is 5.16. The summed E-state index contributed by atoms with van der Waals surface area (Å²) in [7, 11) is 0. The van der Waals surface area contributed by atoms with Crippen molar-refractivity contribution >= 4 is 23.3 Å². The molecule has 0 unspecified atom stereocenters. The number of ether oxygens (including phenoxy) is 2. The number of fused-ring (bicyclic) bond motifs is 1. The van der Waals surface area contributed by atoms with Crippen LogP contribution >= 0.6 is 0 Å². The summed E-state index contributed by atoms with van der Waals surface area (Å²) in [6.45, 7) is 2.31. The average molecular weight is 406 g/mol. The Hall–Kier alpha value is -3.61. The van der Waals surface area contributed by atoms with Crippen LogP contribution in [0.5, 0.6) is 0 Å². The van der Waals surface area contributed by atoms with Crippen molar-refractivity contribution in [3.63, 3.8) is 0 Å². The molecule has 7 heteroatoms. The van der Waals surface area contributed by atoms with Gasteiger partial charge in [-0.3, -0.25) is 9.59 Å². The average Bonchev–Trinajstić information content (AvgIpc) is 3.13. The van der Waals surface area contributed by atoms with Crippen LogP contribution in [0.25, 0.3) is 0 Å². The lowest BCUT2D eigenvalue weighted by Gasteiger charge is -2.30. The van der Waals surface area contributed by atoms with Gasteiger partial charge in [0.15, 0.2) is 18.3 Å². The molecule has 30 heavy (non-hydrogen) atoms. The lowest BCUT2D eigenvalue weighted by atomic mass is 9.99. The summed E-state index contributed by atoms with van der Waals surface area (Å²) in [5.74, 6) is -1.59. The molecule has 2 aliphatic rings. The topological polar surface area (TPSA) is 84.9 Å². The molecule has 4 rings (SSSR count). The molecule has 154 valence electrons. The van der Waals surface area contributed by atoms with Crippen molar-refractivity contribution in [3.05, 3.63) is 77.2 Å². The molecule has 0 bridgehead atoms. The van der Waals surface area contributed by atoms with Crippen LogP contribution in [0, 0.1) is 0 Å². The van der Waals surface area contributed by atoms with E-state index in [1.54, 1.807) is 17.0 Å². The summed E-state index contributed by atoms with van der Waals surface area (Å²) in [5, 5.41) is 2.92. The minimum absolute atomic E-state index is 0.0442. The second-order valence-corrected chi connectivity index (χ2v) is 7.23. The van der Waals surface area contributed by atoms with Gasteiger partial charge in [-0.2, -0.15) is 0 Å². The Morgan fingerprint density at radius 1 is 1.07 bits per heavy atom. The Morgan fingerprint density at radius 3 is 2.53 bits per heavy atom. The fraction of sp³-hybridized carbons (Fsp3) is 0.261. The van der Waals surface area contributed by atoms with E-state index < -0.39 is 17.9 Å². The molecule has 0 aromatic heterocycles. The van der Waals surface area contributed by atoms with Gasteiger partial charge in [0, 0.05) is 18.8 Å². The highest BCUT2D eigenvalue weighted by molar-refractivity contribution is 6.20. The predicted molar refractivity (Wildman–Crippen MR) is 109 cm³/mol. The van der Waals surface area contributed by atoms with Gasteiger partial charge in [-0.15, -0.1) is 0 Å². The number of Topliss-reactive ketones (excluding diaryl/α,β-unsaturated/α-hetero) is 1. The molecule has 0 radical (unpaired) electrons. The number of amides is 1. The Bertz CT molecular complexity index is 1020. The van der Waals surface area contributed by atoms with Crippen molar-refractivity contribution in [1.29, 1.82) is 0 Å². The van der Waals surface area contributed by atoms with E-state index in [4.69, 9.17) is 9.47 Å². The maximum absolute atomic E-state index is 12.8. The van der Waals surface area contributed by atoms with Crippen LogP contribution in [0.15, 0.2) is 66.1 Å². The molecular formula is C23H22N2O5. The minimum Gasteiger partial charge on any atom is -0.470 e. The monoisotopic (exact) mass is 406 g/mol. The van der Waals surface area contributed by atoms with E-state index in [0.29, 0.717) is 18.8 Å². The van der Waals surface area contributed by atoms with E-state index in [0.717, 1.165) is 12.0 Å². The fourth-order valence-corrected chi connectivity index (χ4v) is 3.58. The third-order valence-corrected chi connectivity index (χ3v) is 5.16. The van der Waals surface area contributed by atoms with Gasteiger partial charge in [0.1, 0.15) is 0 Å². The number of anilines is 1. The van der Waals surface area contributed by atoms with Crippen LogP contribution in [0.3, 0.4) is 0 Å². The molecular weight excluding hydrogens is 384 g/mol. The number of esters is 1. The minimum atomic E-state index is -1.01. The first kappa shape index (κ1) is 19.7. The number of carbonyl (C=O) groups is 3. The highest BCUT2D eigenvalue weighted by Crippen LogP contribution is 2.23. The molecule has 0 spiro atoms. The Kier molecular flexibility index (Phi) is 5.52. The molecule has 2 aromatic rings. The largest absolute Gasteiger partial charge is 0.470 e. The van der Waals surface area contributed by atoms with Crippen LogP contribution in [0.4, 0.5) is 5.69 Å². The summed E-state index contributed by atoms with van der Waals surface area (Å²) < 4.78 is 10.7. The molecule has 1 amide bonds. The molecule has 2 heterocycles. The smallest absolute Gasteiger partial charge is 0.348 e. The number of carbonyl (C=O) groups excluding carboxylic acids is 3. The summed E-state index contributed by atoms with van der Waals surface area (Å²) in [6, 6.07) is 17.0. The zero-order valence-corrected chi connectivity index (χ0v) is 16.6. The van der Waals surface area contributed by atoms with Gasteiger partial charge in [0.25, 0.3) is 5.91 Å². The molecule has 0 saturated heterocycles. The number of hydrogen-bond acceptors (Lipinski definition) is 6. The number of hydrogen-bond donors (Lipinski definition) is 1. The lowest BCUT2D eigenvalue weighted by molar-refractivity contribution is -0.157. The van der Waals surface area contributed by atoms with Crippen molar-refractivity contribution < 1.29 is 23.9 Å². The van der Waals surface area contributed by atoms with Gasteiger partial charge in [0.2, 0.25) is 11.7 Å². The summed E-state index contributed by atoms with van der Waals surface area (Å²) in [4.78, 5) is 39.3. The second-order valence-electron chi connectivity index (χ2n) is 7.23. The number of para-hydroxylation sites is 1. The fourth-order valence-electron chi connectivity index (χ4n) is 3.58. The first-order valence-electron chi connectivity index (χ1n) is 9.82. The van der Waals surface area contributed by atoms with Gasteiger partial charge in [-0.25, -0.2) is 4.79 Å². The SMILES string of the molecule is C[C@H](OC(=O)C1=C(Nc2ccccc2)OCC1=O)C(=O)N1CCc2ccccc2C1. The van der Waals surface area contributed by atoms with Gasteiger partial charge in [-0.1, -0.05) is 42.5 Å². The summed E-state index contributed by atoms with van der Waals surface area (Å²) in [5.41, 5.74) is 2.78. The summed E-state index contributed by atoms with van der Waals surface area (Å²) >= 11 is 0. The van der Waals surface area contributed by atoms with Crippen LogP contribution in [0.1, 0.15) is 18.1 Å². The maximum atomic E-state index is 12.8. The Labute approximate surface area is 174 Å². The molecule has 1 atom stereocenters. The zero-order chi connectivity index (χ0) is 21.1. The normalized spacial score (nSPS) is 16.6. The van der Waals surface area contributed by atoms with Crippen LogP contribution in [-0.2, 0) is 36.8 Å². The van der Waals surface area contributed by atoms with Gasteiger partial charge < -0.3 is 19.7 Å². The molecule has 2 aliphatic heterocycles. The van der Waals surface area contributed by atoms with Crippen LogP contribution < -0.4 is 5.32 Å². The first-order chi connectivity index (χ1) is 14.5. The van der Waals surface area contributed by atoms with Gasteiger partial charge in [0.05, 0.1) is 0 Å². The van der Waals surface area contributed by atoms with E-state index in [9.17, 15) is 14.4 Å². The van der Waals surface area contributed by atoms with E-state index in [2.05, 4.69) is 11.4 Å². The van der Waals surface area contributed by atoms with Crippen molar-refractivity contribution in [3.8, 4) is 0 Å². The molecule has 0 saturated carbocycles. The van der Waals surface area contributed by atoms with Crippen molar-refractivity contribution in [2.24, 2.45) is 0 Å². The van der Waals surface area contributed by atoms with Gasteiger partial charge >= 0.3 is 5.97 Å². The quantitative estimate of drug-likeness (QED) is 0.606. The molecule has 2 aromatic carbocycles. The van der Waals surface area contributed by atoms with Crippen molar-refractivity contribution in [1.82, 2.24) is 4.90 Å². The van der Waals surface area contributed by atoms with Crippen LogP contribution in [0.2, 0.25) is 0 Å². The maximum Gasteiger partial charge on any atom is 0.348 e. The lowest BCUT2D eigenvalue weighted by Crippen LogP contribution is -2.43. The number of nitrogens with one attached hydrogen (secondary N) is 1. The Balaban J connectivity index is 1.44. The van der Waals surface area contributed by atoms with Crippen LogP contribution in [-0.4, -0.2) is 41.8 Å². The number of nitrogens with zero attached hydrogens (tertiary/aromatic N) is 1. The Morgan fingerprint density at radius 2 is 1.77 bits per heavy atom. The highest BCUT2D eigenvalue weighted by atomic mass is 16.6. The zero-order valence-electron chi connectivity index (χ0n) is 16.6. The standard InChI is InChI=1S/C23H22N2O5/c1-15(22(27)25-12-11-16-7-5-6-8-17(16)13-25)30-23(28)20-19(26)14-29-21(20)24-18-9-3-2-4-10-18/h2-10,15,24H,11-14H2,1H3/t15-/m0/s1. The second kappa shape index (κ2) is 8.41. The highest BCUT2D eigenvalue weighted by Gasteiger charge is 2.35. The number of benzene rings is 2. The van der Waals surface area contributed by atoms with E-state index in [1.165, 1.54) is 12.5 Å². The van der Waals surface area contributed by atoms with Gasteiger partial charge in [-0.05, 0) is 36.6 Å². The van der Waals surface area contributed by atoms with Crippen molar-refractivity contribution in [2.75, 3.05) is 18.5 Å². The third kappa shape index (κ3) is 4.05. The van der Waals surface area contributed by atoms with E-state index in [-0.39, 0.29) is 24.0 Å². The first-order valence-corrected chi connectivity index (χ1v) is 9.82. The molecule has 7 nitrogen and oxygen atoms in total.